The van der Waals surface area contributed by atoms with E-state index in [-0.39, 0.29) is 17.9 Å². The summed E-state index contributed by atoms with van der Waals surface area (Å²) in [6.07, 6.45) is 6.70. The lowest BCUT2D eigenvalue weighted by atomic mass is 10.0. The topological polar surface area (TPSA) is 58.6 Å². The predicted octanol–water partition coefficient (Wildman–Crippen LogP) is 1.71. The van der Waals surface area contributed by atoms with Gasteiger partial charge in [0.25, 0.3) is 0 Å². The SMILES string of the molecule is CCOC(=O)CCCCCN1CCCCC1C(=O)NC. The first-order valence-corrected chi connectivity index (χ1v) is 7.80. The second-order valence-corrected chi connectivity index (χ2v) is 5.28. The fourth-order valence-electron chi connectivity index (χ4n) is 2.72. The third-order valence-corrected chi connectivity index (χ3v) is 3.79. The van der Waals surface area contributed by atoms with E-state index in [4.69, 9.17) is 4.74 Å². The van der Waals surface area contributed by atoms with Crippen LogP contribution in [0.5, 0.6) is 0 Å². The summed E-state index contributed by atoms with van der Waals surface area (Å²) in [6.45, 7) is 4.24. The summed E-state index contributed by atoms with van der Waals surface area (Å²) in [6, 6.07) is 0.0406. The summed E-state index contributed by atoms with van der Waals surface area (Å²) in [5.74, 6) is 0.0323. The number of carbonyl (C=O) groups excluding carboxylic acids is 2. The molecule has 0 aromatic rings. The van der Waals surface area contributed by atoms with Gasteiger partial charge in [-0.15, -0.1) is 0 Å². The Balaban J connectivity index is 2.19. The van der Waals surface area contributed by atoms with Gasteiger partial charge in [-0.3, -0.25) is 14.5 Å². The summed E-state index contributed by atoms with van der Waals surface area (Å²) < 4.78 is 4.90. The van der Waals surface area contributed by atoms with E-state index in [0.717, 1.165) is 45.2 Å². The molecule has 0 aromatic heterocycles. The molecule has 5 nitrogen and oxygen atoms in total. The normalized spacial score (nSPS) is 19.6. The van der Waals surface area contributed by atoms with Crippen LogP contribution in [-0.4, -0.2) is 49.6 Å². The fourth-order valence-corrected chi connectivity index (χ4v) is 2.72. The molecule has 0 aliphatic carbocycles. The summed E-state index contributed by atoms with van der Waals surface area (Å²) >= 11 is 0. The minimum absolute atomic E-state index is 0.0406. The van der Waals surface area contributed by atoms with Gasteiger partial charge in [0.2, 0.25) is 5.91 Å². The van der Waals surface area contributed by atoms with E-state index < -0.39 is 0 Å². The average molecular weight is 284 g/mol. The van der Waals surface area contributed by atoms with Crippen molar-refractivity contribution in [1.82, 2.24) is 10.2 Å². The van der Waals surface area contributed by atoms with Crippen LogP contribution in [0.25, 0.3) is 0 Å². The molecule has 116 valence electrons. The van der Waals surface area contributed by atoms with E-state index in [9.17, 15) is 9.59 Å². The lowest BCUT2D eigenvalue weighted by Gasteiger charge is -2.34. The minimum atomic E-state index is -0.103. The number of amides is 1. The lowest BCUT2D eigenvalue weighted by molar-refractivity contribution is -0.143. The molecule has 0 aromatic carbocycles. The molecule has 0 saturated carbocycles. The van der Waals surface area contributed by atoms with Crippen molar-refractivity contribution in [2.45, 2.75) is 57.9 Å². The molecule has 0 bridgehead atoms. The highest BCUT2D eigenvalue weighted by atomic mass is 16.5. The maximum atomic E-state index is 11.8. The number of piperidine rings is 1. The maximum absolute atomic E-state index is 11.8. The number of likely N-dealkylation sites (N-methyl/N-ethyl adjacent to an activating group) is 1. The quantitative estimate of drug-likeness (QED) is 0.544. The molecule has 1 aliphatic heterocycles. The number of rotatable bonds is 8. The predicted molar refractivity (Wildman–Crippen MR) is 78.4 cm³/mol. The molecular formula is C15H28N2O3. The summed E-state index contributed by atoms with van der Waals surface area (Å²) in [7, 11) is 1.70. The monoisotopic (exact) mass is 284 g/mol. The maximum Gasteiger partial charge on any atom is 0.305 e. The van der Waals surface area contributed by atoms with Crippen LogP contribution in [0.2, 0.25) is 0 Å². The van der Waals surface area contributed by atoms with Crippen LogP contribution >= 0.6 is 0 Å². The van der Waals surface area contributed by atoms with Gasteiger partial charge in [-0.2, -0.15) is 0 Å². The molecule has 20 heavy (non-hydrogen) atoms. The molecule has 1 aliphatic rings. The number of hydrogen-bond donors (Lipinski definition) is 1. The first kappa shape index (κ1) is 17.0. The van der Waals surface area contributed by atoms with E-state index in [2.05, 4.69) is 10.2 Å². The van der Waals surface area contributed by atoms with Crippen molar-refractivity contribution in [3.05, 3.63) is 0 Å². The first-order valence-electron chi connectivity index (χ1n) is 7.80. The largest absolute Gasteiger partial charge is 0.466 e. The van der Waals surface area contributed by atoms with E-state index in [1.54, 1.807) is 7.05 Å². The molecular weight excluding hydrogens is 256 g/mol. The molecule has 5 heteroatoms. The number of carbonyl (C=O) groups is 2. The molecule has 0 spiro atoms. The summed E-state index contributed by atoms with van der Waals surface area (Å²) in [4.78, 5) is 25.3. The molecule has 1 unspecified atom stereocenters. The Morgan fingerprint density at radius 3 is 2.75 bits per heavy atom. The van der Waals surface area contributed by atoms with Gasteiger partial charge in [-0.25, -0.2) is 0 Å². The third kappa shape index (κ3) is 5.90. The lowest BCUT2D eigenvalue weighted by Crippen LogP contribution is -2.48. The smallest absolute Gasteiger partial charge is 0.305 e. The number of hydrogen-bond acceptors (Lipinski definition) is 4. The fraction of sp³-hybridized carbons (Fsp3) is 0.867. The van der Waals surface area contributed by atoms with Gasteiger partial charge in [0.15, 0.2) is 0 Å². The Morgan fingerprint density at radius 1 is 1.25 bits per heavy atom. The van der Waals surface area contributed by atoms with Crippen molar-refractivity contribution in [2.75, 3.05) is 26.7 Å². The Bertz CT molecular complexity index is 307. The number of ether oxygens (including phenoxy) is 1. The van der Waals surface area contributed by atoms with Crippen LogP contribution in [0.1, 0.15) is 51.9 Å². The van der Waals surface area contributed by atoms with Crippen LogP contribution in [-0.2, 0) is 14.3 Å². The molecule has 1 fully saturated rings. The highest BCUT2D eigenvalue weighted by Gasteiger charge is 2.27. The molecule has 0 radical (unpaired) electrons. The molecule has 1 amide bonds. The number of likely N-dealkylation sites (tertiary alicyclic amines) is 1. The number of esters is 1. The minimum Gasteiger partial charge on any atom is -0.466 e. The zero-order chi connectivity index (χ0) is 14.8. The van der Waals surface area contributed by atoms with Gasteiger partial charge >= 0.3 is 5.97 Å². The van der Waals surface area contributed by atoms with E-state index in [1.807, 2.05) is 6.92 Å². The number of nitrogens with zero attached hydrogens (tertiary/aromatic N) is 1. The van der Waals surface area contributed by atoms with Gasteiger partial charge in [0.1, 0.15) is 0 Å². The van der Waals surface area contributed by atoms with E-state index in [1.165, 1.54) is 6.42 Å². The molecule has 1 rings (SSSR count). The van der Waals surface area contributed by atoms with Crippen LogP contribution in [0.4, 0.5) is 0 Å². The zero-order valence-electron chi connectivity index (χ0n) is 12.8. The molecule has 1 heterocycles. The van der Waals surface area contributed by atoms with Crippen molar-refractivity contribution in [3.8, 4) is 0 Å². The second kappa shape index (κ2) is 9.75. The third-order valence-electron chi connectivity index (χ3n) is 3.79. The highest BCUT2D eigenvalue weighted by Crippen LogP contribution is 2.18. The average Bonchev–Trinajstić information content (AvgIpc) is 2.47. The Hall–Kier alpha value is -1.10. The number of unbranched alkanes of at least 4 members (excludes halogenated alkanes) is 2. The van der Waals surface area contributed by atoms with Crippen LogP contribution in [0.3, 0.4) is 0 Å². The standard InChI is InChI=1S/C15H28N2O3/c1-3-20-14(18)10-5-4-7-11-17-12-8-6-9-13(17)15(19)16-2/h13H,3-12H2,1-2H3,(H,16,19). The summed E-state index contributed by atoms with van der Waals surface area (Å²) in [5.41, 5.74) is 0. The van der Waals surface area contributed by atoms with Gasteiger partial charge in [0, 0.05) is 13.5 Å². The van der Waals surface area contributed by atoms with Crippen LogP contribution in [0, 0.1) is 0 Å². The van der Waals surface area contributed by atoms with Crippen molar-refractivity contribution in [2.24, 2.45) is 0 Å². The Labute approximate surface area is 122 Å². The van der Waals surface area contributed by atoms with Crippen molar-refractivity contribution < 1.29 is 14.3 Å². The van der Waals surface area contributed by atoms with E-state index >= 15 is 0 Å². The molecule has 1 N–H and O–H groups in total. The van der Waals surface area contributed by atoms with Gasteiger partial charge in [0.05, 0.1) is 12.6 Å². The molecule has 1 atom stereocenters. The van der Waals surface area contributed by atoms with Crippen molar-refractivity contribution >= 4 is 11.9 Å². The molecule has 1 saturated heterocycles. The Morgan fingerprint density at radius 2 is 2.05 bits per heavy atom. The van der Waals surface area contributed by atoms with Gasteiger partial charge < -0.3 is 10.1 Å². The van der Waals surface area contributed by atoms with Crippen LogP contribution in [0.15, 0.2) is 0 Å². The highest BCUT2D eigenvalue weighted by molar-refractivity contribution is 5.81. The number of nitrogens with one attached hydrogen (secondary N) is 1. The zero-order valence-corrected chi connectivity index (χ0v) is 12.8. The van der Waals surface area contributed by atoms with Gasteiger partial charge in [-0.1, -0.05) is 12.8 Å². The first-order chi connectivity index (χ1) is 9.69. The van der Waals surface area contributed by atoms with Crippen molar-refractivity contribution in [1.29, 1.82) is 0 Å². The van der Waals surface area contributed by atoms with Crippen molar-refractivity contribution in [3.63, 3.8) is 0 Å². The van der Waals surface area contributed by atoms with Gasteiger partial charge in [-0.05, 0) is 45.7 Å². The van der Waals surface area contributed by atoms with E-state index in [0.29, 0.717) is 13.0 Å². The Kier molecular flexibility index (Phi) is 8.26. The van der Waals surface area contributed by atoms with Crippen LogP contribution < -0.4 is 5.32 Å². The summed E-state index contributed by atoms with van der Waals surface area (Å²) in [5, 5.41) is 2.75. The second-order valence-electron chi connectivity index (χ2n) is 5.28.